The molecule has 2 aromatic rings. The predicted molar refractivity (Wildman–Crippen MR) is 80.6 cm³/mol. The lowest BCUT2D eigenvalue weighted by Gasteiger charge is -2.15. The number of ether oxygens (including phenoxy) is 1. The summed E-state index contributed by atoms with van der Waals surface area (Å²) in [4.78, 5) is 4.71. The number of thiazole rings is 1. The van der Waals surface area contributed by atoms with E-state index < -0.39 is 0 Å². The van der Waals surface area contributed by atoms with Crippen molar-refractivity contribution in [3.05, 3.63) is 40.7 Å². The van der Waals surface area contributed by atoms with E-state index in [-0.39, 0.29) is 0 Å². The Morgan fingerprint density at radius 3 is 2.79 bits per heavy atom. The zero-order valence-corrected chi connectivity index (χ0v) is 12.2. The van der Waals surface area contributed by atoms with Crippen LogP contribution in [0.25, 0.3) is 11.3 Å². The summed E-state index contributed by atoms with van der Waals surface area (Å²) in [6.07, 6.45) is 0.916. The first-order valence-electron chi connectivity index (χ1n) is 6.55. The minimum absolute atomic E-state index is 0.338. The highest BCUT2D eigenvalue weighted by Crippen LogP contribution is 2.22. The summed E-state index contributed by atoms with van der Waals surface area (Å²) in [5.74, 6) is 0. The maximum absolute atomic E-state index is 5.23. The van der Waals surface area contributed by atoms with Crippen molar-refractivity contribution in [2.45, 2.75) is 19.4 Å². The van der Waals surface area contributed by atoms with E-state index in [1.807, 2.05) is 18.2 Å². The molecule has 3 nitrogen and oxygen atoms in total. The smallest absolute Gasteiger partial charge is 0.0949 e. The first kappa shape index (κ1) is 14.2. The molecule has 1 aromatic heterocycles. The number of nitrogens with one attached hydrogen (secondary N) is 1. The van der Waals surface area contributed by atoms with E-state index in [0.29, 0.717) is 12.6 Å². The van der Waals surface area contributed by atoms with E-state index in [1.54, 1.807) is 18.4 Å². The third-order valence-corrected chi connectivity index (χ3v) is 3.77. The van der Waals surface area contributed by atoms with Gasteiger partial charge in [-0.3, -0.25) is 0 Å². The molecule has 1 N–H and O–H groups in total. The molecule has 1 atom stereocenters. The molecular weight excluding hydrogens is 256 g/mol. The second kappa shape index (κ2) is 7.38. The third-order valence-electron chi connectivity index (χ3n) is 2.90. The molecule has 0 radical (unpaired) electrons. The number of benzene rings is 1. The van der Waals surface area contributed by atoms with Gasteiger partial charge in [0.2, 0.25) is 0 Å². The molecule has 0 fully saturated rings. The van der Waals surface area contributed by atoms with Gasteiger partial charge in [-0.15, -0.1) is 11.3 Å². The van der Waals surface area contributed by atoms with Crippen molar-refractivity contribution in [1.82, 2.24) is 10.3 Å². The molecule has 2 rings (SSSR count). The van der Waals surface area contributed by atoms with Gasteiger partial charge in [-0.25, -0.2) is 4.98 Å². The van der Waals surface area contributed by atoms with Crippen molar-refractivity contribution in [2.24, 2.45) is 0 Å². The second-order valence-corrected chi connectivity index (χ2v) is 5.35. The Kier molecular flexibility index (Phi) is 5.51. The topological polar surface area (TPSA) is 34.1 Å². The quantitative estimate of drug-likeness (QED) is 0.844. The molecule has 4 heteroatoms. The van der Waals surface area contributed by atoms with Crippen molar-refractivity contribution in [2.75, 3.05) is 20.3 Å². The largest absolute Gasteiger partial charge is 0.383 e. The van der Waals surface area contributed by atoms with Gasteiger partial charge in [-0.2, -0.15) is 0 Å². The highest BCUT2D eigenvalue weighted by molar-refractivity contribution is 7.09. The highest BCUT2D eigenvalue weighted by Gasteiger charge is 2.11. The van der Waals surface area contributed by atoms with Gasteiger partial charge in [0.25, 0.3) is 0 Å². The summed E-state index contributed by atoms with van der Waals surface area (Å²) < 4.78 is 5.23. The lowest BCUT2D eigenvalue weighted by molar-refractivity contribution is 0.167. The van der Waals surface area contributed by atoms with Gasteiger partial charge in [-0.05, 0) is 6.54 Å². The van der Waals surface area contributed by atoms with E-state index in [1.165, 1.54) is 5.56 Å². The first-order chi connectivity index (χ1) is 9.33. The van der Waals surface area contributed by atoms with Crippen LogP contribution in [0.3, 0.4) is 0 Å². The molecule has 0 bridgehead atoms. The number of aromatic nitrogens is 1. The minimum atomic E-state index is 0.338. The molecule has 0 aliphatic rings. The van der Waals surface area contributed by atoms with Crippen molar-refractivity contribution in [3.8, 4) is 11.3 Å². The monoisotopic (exact) mass is 276 g/mol. The zero-order chi connectivity index (χ0) is 13.5. The van der Waals surface area contributed by atoms with Crippen LogP contribution in [-0.4, -0.2) is 31.3 Å². The van der Waals surface area contributed by atoms with E-state index in [9.17, 15) is 0 Å². The van der Waals surface area contributed by atoms with Crippen LogP contribution in [0.15, 0.2) is 35.7 Å². The summed E-state index contributed by atoms with van der Waals surface area (Å²) in [5.41, 5.74) is 2.24. The Labute approximate surface area is 118 Å². The van der Waals surface area contributed by atoms with Gasteiger partial charge in [-0.1, -0.05) is 37.3 Å². The van der Waals surface area contributed by atoms with Gasteiger partial charge in [0.1, 0.15) is 0 Å². The fourth-order valence-corrected chi connectivity index (χ4v) is 2.92. The van der Waals surface area contributed by atoms with Crippen LogP contribution < -0.4 is 5.32 Å². The maximum atomic E-state index is 5.23. The van der Waals surface area contributed by atoms with E-state index in [4.69, 9.17) is 9.72 Å². The van der Waals surface area contributed by atoms with Crippen LogP contribution in [-0.2, 0) is 11.2 Å². The van der Waals surface area contributed by atoms with E-state index in [2.05, 4.69) is 29.8 Å². The van der Waals surface area contributed by atoms with Gasteiger partial charge < -0.3 is 10.1 Å². The summed E-state index contributed by atoms with van der Waals surface area (Å²) in [5, 5.41) is 6.70. The molecule has 0 amide bonds. The number of likely N-dealkylation sites (N-methyl/N-ethyl adjacent to an activating group) is 1. The SMILES string of the molecule is CCNC(COC)Cc1nc(-c2ccccc2)cs1. The van der Waals surface area contributed by atoms with Crippen molar-refractivity contribution in [1.29, 1.82) is 0 Å². The molecule has 19 heavy (non-hydrogen) atoms. The fourth-order valence-electron chi connectivity index (χ4n) is 2.04. The van der Waals surface area contributed by atoms with E-state index >= 15 is 0 Å². The molecule has 1 heterocycles. The van der Waals surface area contributed by atoms with Gasteiger partial charge in [0.15, 0.2) is 0 Å². The van der Waals surface area contributed by atoms with E-state index in [0.717, 1.165) is 23.7 Å². The van der Waals surface area contributed by atoms with Crippen molar-refractivity contribution in [3.63, 3.8) is 0 Å². The Hall–Kier alpha value is -1.23. The minimum Gasteiger partial charge on any atom is -0.383 e. The molecule has 1 aromatic carbocycles. The first-order valence-corrected chi connectivity index (χ1v) is 7.43. The molecule has 1 unspecified atom stereocenters. The van der Waals surface area contributed by atoms with Crippen LogP contribution in [0.5, 0.6) is 0 Å². The van der Waals surface area contributed by atoms with Crippen LogP contribution in [0.1, 0.15) is 11.9 Å². The maximum Gasteiger partial charge on any atom is 0.0949 e. The van der Waals surface area contributed by atoms with Gasteiger partial charge in [0.05, 0.1) is 17.3 Å². The Morgan fingerprint density at radius 2 is 2.11 bits per heavy atom. The summed E-state index contributed by atoms with van der Waals surface area (Å²) in [6.45, 7) is 3.78. The highest BCUT2D eigenvalue weighted by atomic mass is 32.1. The molecule has 0 aliphatic heterocycles. The number of hydrogen-bond acceptors (Lipinski definition) is 4. The zero-order valence-electron chi connectivity index (χ0n) is 11.4. The van der Waals surface area contributed by atoms with Crippen molar-refractivity contribution < 1.29 is 4.74 Å². The van der Waals surface area contributed by atoms with Gasteiger partial charge in [0, 0.05) is 30.5 Å². The van der Waals surface area contributed by atoms with Crippen LogP contribution in [0.2, 0.25) is 0 Å². The molecule has 0 saturated heterocycles. The number of nitrogens with zero attached hydrogens (tertiary/aromatic N) is 1. The summed E-state index contributed by atoms with van der Waals surface area (Å²) in [6, 6.07) is 10.6. The summed E-state index contributed by atoms with van der Waals surface area (Å²) >= 11 is 1.72. The Balaban J connectivity index is 2.04. The number of methoxy groups -OCH3 is 1. The van der Waals surface area contributed by atoms with Crippen LogP contribution >= 0.6 is 11.3 Å². The number of hydrogen-bond donors (Lipinski definition) is 1. The average Bonchev–Trinajstić information content (AvgIpc) is 2.89. The van der Waals surface area contributed by atoms with Crippen LogP contribution in [0, 0.1) is 0 Å². The van der Waals surface area contributed by atoms with Crippen LogP contribution in [0.4, 0.5) is 0 Å². The third kappa shape index (κ3) is 4.13. The average molecular weight is 276 g/mol. The summed E-state index contributed by atoms with van der Waals surface area (Å²) in [7, 11) is 1.74. The Morgan fingerprint density at radius 1 is 1.32 bits per heavy atom. The Bertz CT molecular complexity index is 478. The molecular formula is C15H20N2OS. The lowest BCUT2D eigenvalue weighted by atomic mass is 10.2. The van der Waals surface area contributed by atoms with Gasteiger partial charge >= 0.3 is 0 Å². The lowest BCUT2D eigenvalue weighted by Crippen LogP contribution is -2.34. The predicted octanol–water partition coefficient (Wildman–Crippen LogP) is 2.98. The fraction of sp³-hybridized carbons (Fsp3) is 0.400. The normalized spacial score (nSPS) is 12.5. The molecule has 0 saturated carbocycles. The standard InChI is InChI=1S/C15H20N2OS/c1-3-16-13(10-18-2)9-15-17-14(11-19-15)12-7-5-4-6-8-12/h4-8,11,13,16H,3,9-10H2,1-2H3. The molecule has 102 valence electrons. The van der Waals surface area contributed by atoms with Crippen molar-refractivity contribution >= 4 is 11.3 Å². The second-order valence-electron chi connectivity index (χ2n) is 4.41. The number of rotatable bonds is 7. The molecule has 0 aliphatic carbocycles. The molecule has 0 spiro atoms.